The van der Waals surface area contributed by atoms with Gasteiger partial charge in [0.15, 0.2) is 17.5 Å². The zero-order chi connectivity index (χ0) is 37.7. The molecule has 0 spiro atoms. The molecule has 266 valence electrons. The quantitative estimate of drug-likeness (QED) is 0.171. The molecule has 0 amide bonds. The second-order valence-electron chi connectivity index (χ2n) is 14.4. The molecule has 0 N–H and O–H groups in total. The predicted octanol–water partition coefficient (Wildman–Crippen LogP) is 14.1. The third-order valence-electron chi connectivity index (χ3n) is 10.9. The third-order valence-corrected chi connectivity index (χ3v) is 10.9. The molecule has 57 heavy (non-hydrogen) atoms. The average molecular weight is 728 g/mol. The Bertz CT molecular complexity index is 3290. The first-order valence-electron chi connectivity index (χ1n) is 19.2. The summed E-state index contributed by atoms with van der Waals surface area (Å²) in [5.41, 5.74) is 11.0. The monoisotopic (exact) mass is 727 g/mol. The summed E-state index contributed by atoms with van der Waals surface area (Å²) in [7, 11) is 0. The number of rotatable bonds is 6. The molecule has 0 saturated heterocycles. The molecule has 0 unspecified atom stereocenters. The molecule has 0 bridgehead atoms. The Morgan fingerprint density at radius 2 is 0.860 bits per heavy atom. The number of furan rings is 1. The first-order valence-corrected chi connectivity index (χ1v) is 19.2. The first-order chi connectivity index (χ1) is 28.2. The molecule has 0 aliphatic heterocycles. The largest absolute Gasteiger partial charge is 0.455 e. The van der Waals surface area contributed by atoms with Crippen LogP contribution in [0.2, 0.25) is 0 Å². The molecule has 11 aromatic rings. The molecule has 0 radical (unpaired) electrons. The highest BCUT2D eigenvalue weighted by atomic mass is 16.3. The zero-order valence-corrected chi connectivity index (χ0v) is 30.8. The minimum atomic E-state index is 0.584. The predicted molar refractivity (Wildman–Crippen MR) is 235 cm³/mol. The summed E-state index contributed by atoms with van der Waals surface area (Å²) in [6.07, 6.45) is 0. The van der Waals surface area contributed by atoms with Crippen molar-refractivity contribution in [2.75, 3.05) is 0 Å². The number of fused-ring (bicyclic) bond motifs is 5. The topological polar surface area (TPSA) is 51.8 Å². The minimum Gasteiger partial charge on any atom is -0.455 e. The molecule has 4 nitrogen and oxygen atoms in total. The van der Waals surface area contributed by atoms with E-state index in [0.29, 0.717) is 17.5 Å². The summed E-state index contributed by atoms with van der Waals surface area (Å²) in [4.78, 5) is 15.8. The van der Waals surface area contributed by atoms with Crippen molar-refractivity contribution >= 4 is 43.5 Å². The lowest BCUT2D eigenvalue weighted by atomic mass is 9.90. The Morgan fingerprint density at radius 3 is 1.67 bits per heavy atom. The van der Waals surface area contributed by atoms with Gasteiger partial charge >= 0.3 is 0 Å². The smallest absolute Gasteiger partial charge is 0.164 e. The number of para-hydroxylation sites is 1. The van der Waals surface area contributed by atoms with Crippen LogP contribution >= 0.6 is 0 Å². The van der Waals surface area contributed by atoms with Gasteiger partial charge in [-0.05, 0) is 67.6 Å². The number of hydrogen-bond acceptors (Lipinski definition) is 4. The molecule has 0 fully saturated rings. The second-order valence-corrected chi connectivity index (χ2v) is 14.4. The number of aromatic nitrogens is 3. The Morgan fingerprint density at radius 1 is 0.298 bits per heavy atom. The molecule has 4 heteroatoms. The fraction of sp³-hybridized carbons (Fsp3) is 0. The summed E-state index contributed by atoms with van der Waals surface area (Å²) in [6.45, 7) is 0. The maximum atomic E-state index is 6.66. The highest BCUT2D eigenvalue weighted by molar-refractivity contribution is 6.15. The van der Waals surface area contributed by atoms with E-state index in [-0.39, 0.29) is 0 Å². The summed E-state index contributed by atoms with van der Waals surface area (Å²) in [5.74, 6) is 1.79. The van der Waals surface area contributed by atoms with E-state index < -0.39 is 0 Å². The van der Waals surface area contributed by atoms with Crippen molar-refractivity contribution in [3.05, 3.63) is 200 Å². The van der Waals surface area contributed by atoms with Crippen molar-refractivity contribution in [2.24, 2.45) is 0 Å². The Labute approximate surface area is 329 Å². The number of benzene rings is 9. The van der Waals surface area contributed by atoms with E-state index >= 15 is 0 Å². The first kappa shape index (κ1) is 32.7. The van der Waals surface area contributed by atoms with Gasteiger partial charge in [0.05, 0.1) is 0 Å². The highest BCUT2D eigenvalue weighted by Crippen LogP contribution is 2.42. The lowest BCUT2D eigenvalue weighted by Crippen LogP contribution is -2.01. The van der Waals surface area contributed by atoms with E-state index in [4.69, 9.17) is 19.4 Å². The summed E-state index contributed by atoms with van der Waals surface area (Å²) >= 11 is 0. The van der Waals surface area contributed by atoms with Crippen LogP contribution in [-0.2, 0) is 0 Å². The lowest BCUT2D eigenvalue weighted by molar-refractivity contribution is 0.670. The minimum absolute atomic E-state index is 0.584. The van der Waals surface area contributed by atoms with Crippen molar-refractivity contribution in [2.45, 2.75) is 0 Å². The standard InChI is InChI=1S/C53H33N3O/c1-3-15-35(16-4-1)42-31-30-40(33-47(42)44-24-11-21-36-19-9-10-22-41(36)44)52-54-51(39-29-28-34-14-7-8-20-38(34)32-39)55-53(56-52)46-26-13-27-48-49(46)45-25-12-23-43(50(45)57-48)37-17-5-2-6-18-37/h1-33H. The molecule has 11 rings (SSSR count). The van der Waals surface area contributed by atoms with Crippen LogP contribution in [0.4, 0.5) is 0 Å². The van der Waals surface area contributed by atoms with Gasteiger partial charge in [-0.3, -0.25) is 0 Å². The third kappa shape index (κ3) is 5.74. The van der Waals surface area contributed by atoms with E-state index in [1.54, 1.807) is 0 Å². The maximum Gasteiger partial charge on any atom is 0.164 e. The Balaban J connectivity index is 1.16. The van der Waals surface area contributed by atoms with Crippen molar-refractivity contribution < 1.29 is 4.42 Å². The van der Waals surface area contributed by atoms with Crippen LogP contribution in [-0.4, -0.2) is 15.0 Å². The van der Waals surface area contributed by atoms with Crippen molar-refractivity contribution in [1.29, 1.82) is 0 Å². The molecule has 2 aromatic heterocycles. The van der Waals surface area contributed by atoms with Gasteiger partial charge in [-0.1, -0.05) is 182 Å². The molecule has 0 aliphatic rings. The van der Waals surface area contributed by atoms with Crippen LogP contribution in [0.3, 0.4) is 0 Å². The molecule has 2 heterocycles. The SMILES string of the molecule is c1ccc(-c2ccc(-c3nc(-c4ccc5ccccc5c4)nc(-c4cccc5oc6c(-c7ccccc7)cccc6c45)n3)cc2-c2cccc3ccccc23)cc1. The van der Waals surface area contributed by atoms with Crippen LogP contribution < -0.4 is 0 Å². The van der Waals surface area contributed by atoms with E-state index in [1.807, 2.05) is 18.2 Å². The molecule has 0 aliphatic carbocycles. The van der Waals surface area contributed by atoms with Crippen molar-refractivity contribution in [3.63, 3.8) is 0 Å². The molecule has 0 saturated carbocycles. The van der Waals surface area contributed by atoms with Crippen molar-refractivity contribution in [1.82, 2.24) is 15.0 Å². The summed E-state index contributed by atoms with van der Waals surface area (Å²) < 4.78 is 6.66. The Kier molecular flexibility index (Phi) is 7.78. The summed E-state index contributed by atoms with van der Waals surface area (Å²) in [5, 5.41) is 6.66. The van der Waals surface area contributed by atoms with Gasteiger partial charge < -0.3 is 4.42 Å². The highest BCUT2D eigenvalue weighted by Gasteiger charge is 2.21. The van der Waals surface area contributed by atoms with Gasteiger partial charge in [-0.2, -0.15) is 0 Å². The van der Waals surface area contributed by atoms with E-state index in [1.165, 1.54) is 10.8 Å². The van der Waals surface area contributed by atoms with Crippen LogP contribution in [0.25, 0.3) is 111 Å². The van der Waals surface area contributed by atoms with E-state index in [9.17, 15) is 0 Å². The zero-order valence-electron chi connectivity index (χ0n) is 30.8. The number of hydrogen-bond donors (Lipinski definition) is 0. The van der Waals surface area contributed by atoms with Gasteiger partial charge in [0, 0.05) is 33.0 Å². The van der Waals surface area contributed by atoms with Gasteiger partial charge in [-0.25, -0.2) is 15.0 Å². The van der Waals surface area contributed by atoms with Gasteiger partial charge in [-0.15, -0.1) is 0 Å². The molecule has 0 atom stereocenters. The van der Waals surface area contributed by atoms with E-state index in [2.05, 4.69) is 182 Å². The van der Waals surface area contributed by atoms with Crippen LogP contribution in [0.5, 0.6) is 0 Å². The van der Waals surface area contributed by atoms with Crippen LogP contribution in [0.15, 0.2) is 205 Å². The lowest BCUT2D eigenvalue weighted by Gasteiger charge is -2.15. The Hall–Kier alpha value is -7.69. The van der Waals surface area contributed by atoms with Gasteiger partial charge in [0.1, 0.15) is 11.2 Å². The van der Waals surface area contributed by atoms with Crippen molar-refractivity contribution in [3.8, 4) is 67.5 Å². The van der Waals surface area contributed by atoms with Crippen LogP contribution in [0.1, 0.15) is 0 Å². The fourth-order valence-electron chi connectivity index (χ4n) is 8.20. The normalized spacial score (nSPS) is 11.5. The molecular weight excluding hydrogens is 695 g/mol. The average Bonchev–Trinajstić information content (AvgIpc) is 3.68. The van der Waals surface area contributed by atoms with Gasteiger partial charge in [0.2, 0.25) is 0 Å². The van der Waals surface area contributed by atoms with Crippen LogP contribution in [0, 0.1) is 0 Å². The summed E-state index contributed by atoms with van der Waals surface area (Å²) in [6, 6.07) is 69.9. The van der Waals surface area contributed by atoms with Gasteiger partial charge in [0.25, 0.3) is 0 Å². The van der Waals surface area contributed by atoms with E-state index in [0.717, 1.165) is 82.8 Å². The second kappa shape index (κ2) is 13.6. The fourth-order valence-corrected chi connectivity index (χ4v) is 8.20. The molecular formula is C53H33N3O. The number of nitrogens with zero attached hydrogens (tertiary/aromatic N) is 3. The maximum absolute atomic E-state index is 6.66. The molecule has 9 aromatic carbocycles.